The van der Waals surface area contributed by atoms with Crippen LogP contribution in [0.5, 0.6) is 0 Å². The van der Waals surface area contributed by atoms with E-state index in [2.05, 4.69) is 19.1 Å². The molecule has 1 saturated carbocycles. The van der Waals surface area contributed by atoms with E-state index >= 15 is 0 Å². The zero-order chi connectivity index (χ0) is 15.6. The maximum atomic E-state index is 12.9. The fourth-order valence-corrected chi connectivity index (χ4v) is 2.58. The molecular weight excluding hydrogens is 260 g/mol. The first kappa shape index (κ1) is 16.0. The van der Waals surface area contributed by atoms with Gasteiger partial charge in [-0.15, -0.1) is 0 Å². The maximum Gasteiger partial charge on any atom is 0.240 e. The molecule has 1 aliphatic carbocycles. The van der Waals surface area contributed by atoms with E-state index in [9.17, 15) is 4.79 Å². The predicted octanol–water partition coefficient (Wildman–Crippen LogP) is 3.19. The molecule has 0 spiro atoms. The zero-order valence-electron chi connectivity index (χ0n) is 13.7. The lowest BCUT2D eigenvalue weighted by Crippen LogP contribution is -2.53. The number of nitrogens with two attached hydrogens (primary N) is 1. The highest BCUT2D eigenvalue weighted by atomic mass is 16.2. The number of hydrogen-bond donors (Lipinski definition) is 1. The Bertz CT molecular complexity index is 474. The van der Waals surface area contributed by atoms with Gasteiger partial charge in [0, 0.05) is 12.6 Å². The van der Waals surface area contributed by atoms with Gasteiger partial charge in [-0.25, -0.2) is 0 Å². The van der Waals surface area contributed by atoms with E-state index in [0.717, 1.165) is 0 Å². The van der Waals surface area contributed by atoms with Crippen LogP contribution in [0.2, 0.25) is 0 Å². The van der Waals surface area contributed by atoms with Gasteiger partial charge in [0.2, 0.25) is 5.91 Å². The molecule has 3 nitrogen and oxygen atoms in total. The Kier molecular flexibility index (Phi) is 4.72. The fourth-order valence-electron chi connectivity index (χ4n) is 2.58. The Balaban J connectivity index is 2.17. The van der Waals surface area contributed by atoms with Crippen LogP contribution in [0.1, 0.15) is 46.1 Å². The Labute approximate surface area is 128 Å². The van der Waals surface area contributed by atoms with Crippen molar-refractivity contribution in [2.45, 2.75) is 59.2 Å². The van der Waals surface area contributed by atoms with Crippen LogP contribution in [0.25, 0.3) is 0 Å². The second kappa shape index (κ2) is 6.18. The van der Waals surface area contributed by atoms with E-state index in [1.165, 1.54) is 18.4 Å². The van der Waals surface area contributed by atoms with E-state index in [-0.39, 0.29) is 17.4 Å². The number of rotatable bonds is 5. The normalized spacial score (nSPS) is 18.1. The minimum atomic E-state index is -0.456. The average molecular weight is 288 g/mol. The molecule has 0 aromatic heterocycles. The standard InChI is InChI=1S/C18H28N2O/c1-13(15-10-11-15)20(12-14-8-6-5-7-9-14)17(21)16(19)18(2,3)4/h5-9,13,15-16H,10-12,19H2,1-4H3/t13?,16-/m0/s1. The monoisotopic (exact) mass is 288 g/mol. The summed E-state index contributed by atoms with van der Waals surface area (Å²) in [5.74, 6) is 0.718. The molecule has 3 heteroatoms. The van der Waals surface area contributed by atoms with Gasteiger partial charge in [0.05, 0.1) is 6.04 Å². The highest BCUT2D eigenvalue weighted by Gasteiger charge is 2.38. The second-order valence-electron chi connectivity index (χ2n) is 7.37. The summed E-state index contributed by atoms with van der Waals surface area (Å²) in [6.07, 6.45) is 2.45. The Morgan fingerprint density at radius 2 is 1.86 bits per heavy atom. The van der Waals surface area contributed by atoms with Gasteiger partial charge in [0.1, 0.15) is 0 Å². The number of carbonyl (C=O) groups is 1. The smallest absolute Gasteiger partial charge is 0.240 e. The Hall–Kier alpha value is -1.35. The molecule has 2 atom stereocenters. The molecule has 0 radical (unpaired) electrons. The van der Waals surface area contributed by atoms with Crippen molar-refractivity contribution in [2.24, 2.45) is 17.1 Å². The summed E-state index contributed by atoms with van der Waals surface area (Å²) in [6, 6.07) is 9.99. The average Bonchev–Trinajstić information content (AvgIpc) is 3.27. The van der Waals surface area contributed by atoms with Crippen LogP contribution in [0.4, 0.5) is 0 Å². The molecule has 2 N–H and O–H groups in total. The highest BCUT2D eigenvalue weighted by molar-refractivity contribution is 5.82. The molecule has 0 bridgehead atoms. The summed E-state index contributed by atoms with van der Waals surface area (Å²) in [6.45, 7) is 8.89. The summed E-state index contributed by atoms with van der Waals surface area (Å²) < 4.78 is 0. The van der Waals surface area contributed by atoms with Gasteiger partial charge in [-0.3, -0.25) is 4.79 Å². The molecule has 0 saturated heterocycles. The van der Waals surface area contributed by atoms with Gasteiger partial charge in [0.15, 0.2) is 0 Å². The summed E-state index contributed by atoms with van der Waals surface area (Å²) >= 11 is 0. The fraction of sp³-hybridized carbons (Fsp3) is 0.611. The number of nitrogens with zero attached hydrogens (tertiary/aromatic N) is 1. The zero-order valence-corrected chi connectivity index (χ0v) is 13.7. The molecule has 2 rings (SSSR count). The first-order valence-corrected chi connectivity index (χ1v) is 7.90. The quantitative estimate of drug-likeness (QED) is 0.904. The largest absolute Gasteiger partial charge is 0.334 e. The molecule has 0 aliphatic heterocycles. The van der Waals surface area contributed by atoms with E-state index in [1.54, 1.807) is 0 Å². The third-order valence-corrected chi connectivity index (χ3v) is 4.47. The first-order chi connectivity index (χ1) is 9.80. The molecule has 1 unspecified atom stereocenters. The minimum Gasteiger partial charge on any atom is -0.334 e. The second-order valence-corrected chi connectivity index (χ2v) is 7.37. The number of hydrogen-bond acceptors (Lipinski definition) is 2. The van der Waals surface area contributed by atoms with Crippen LogP contribution in [0.15, 0.2) is 30.3 Å². The van der Waals surface area contributed by atoms with Crippen LogP contribution in [-0.2, 0) is 11.3 Å². The Morgan fingerprint density at radius 1 is 1.29 bits per heavy atom. The first-order valence-electron chi connectivity index (χ1n) is 7.90. The summed E-state index contributed by atoms with van der Waals surface area (Å²) in [7, 11) is 0. The van der Waals surface area contributed by atoms with E-state index in [1.807, 2.05) is 43.9 Å². The molecule has 1 aromatic carbocycles. The summed E-state index contributed by atoms with van der Waals surface area (Å²) in [5, 5.41) is 0. The SMILES string of the molecule is CC(C1CC1)N(Cc1ccccc1)C(=O)[C@H](N)C(C)(C)C. The van der Waals surface area contributed by atoms with E-state index in [0.29, 0.717) is 12.5 Å². The molecule has 1 amide bonds. The van der Waals surface area contributed by atoms with Crippen LogP contribution in [0.3, 0.4) is 0 Å². The molecule has 21 heavy (non-hydrogen) atoms. The Morgan fingerprint density at radius 3 is 2.33 bits per heavy atom. The van der Waals surface area contributed by atoms with Crippen LogP contribution in [-0.4, -0.2) is 22.9 Å². The molecule has 0 heterocycles. The van der Waals surface area contributed by atoms with Gasteiger partial charge in [-0.1, -0.05) is 51.1 Å². The van der Waals surface area contributed by atoms with Crippen molar-refractivity contribution in [3.05, 3.63) is 35.9 Å². The summed E-state index contributed by atoms with van der Waals surface area (Å²) in [5.41, 5.74) is 7.17. The third kappa shape index (κ3) is 4.07. The van der Waals surface area contributed by atoms with Gasteiger partial charge in [-0.05, 0) is 36.7 Å². The minimum absolute atomic E-state index is 0.0748. The van der Waals surface area contributed by atoms with Crippen LogP contribution >= 0.6 is 0 Å². The predicted molar refractivity (Wildman–Crippen MR) is 86.6 cm³/mol. The van der Waals surface area contributed by atoms with Gasteiger partial charge >= 0.3 is 0 Å². The van der Waals surface area contributed by atoms with Crippen molar-refractivity contribution >= 4 is 5.91 Å². The lowest BCUT2D eigenvalue weighted by molar-refractivity contribution is -0.138. The van der Waals surface area contributed by atoms with Crippen molar-refractivity contribution in [2.75, 3.05) is 0 Å². The summed E-state index contributed by atoms with van der Waals surface area (Å²) in [4.78, 5) is 14.9. The lowest BCUT2D eigenvalue weighted by atomic mass is 9.86. The van der Waals surface area contributed by atoms with E-state index < -0.39 is 6.04 Å². The molecule has 116 valence electrons. The van der Waals surface area contributed by atoms with Gasteiger partial charge < -0.3 is 10.6 Å². The maximum absolute atomic E-state index is 12.9. The van der Waals surface area contributed by atoms with Gasteiger partial charge in [-0.2, -0.15) is 0 Å². The number of carbonyl (C=O) groups excluding carboxylic acids is 1. The highest BCUT2D eigenvalue weighted by Crippen LogP contribution is 2.36. The molecular formula is C18H28N2O. The number of benzene rings is 1. The van der Waals surface area contributed by atoms with Crippen molar-refractivity contribution in [3.63, 3.8) is 0 Å². The topological polar surface area (TPSA) is 46.3 Å². The third-order valence-electron chi connectivity index (χ3n) is 4.47. The van der Waals surface area contributed by atoms with Crippen molar-refractivity contribution in [3.8, 4) is 0 Å². The van der Waals surface area contributed by atoms with Gasteiger partial charge in [0.25, 0.3) is 0 Å². The van der Waals surface area contributed by atoms with E-state index in [4.69, 9.17) is 5.73 Å². The van der Waals surface area contributed by atoms with Crippen molar-refractivity contribution in [1.82, 2.24) is 4.90 Å². The van der Waals surface area contributed by atoms with Crippen LogP contribution in [0, 0.1) is 11.3 Å². The molecule has 1 aliphatic rings. The molecule has 1 aromatic rings. The van der Waals surface area contributed by atoms with Crippen LogP contribution < -0.4 is 5.73 Å². The van der Waals surface area contributed by atoms with Crippen molar-refractivity contribution < 1.29 is 4.79 Å². The lowest BCUT2D eigenvalue weighted by Gasteiger charge is -2.36. The molecule has 1 fully saturated rings. The number of amides is 1. The van der Waals surface area contributed by atoms with Crippen molar-refractivity contribution in [1.29, 1.82) is 0 Å².